The number of carbonyl (C=O) groups excluding carboxylic acids is 1. The first-order chi connectivity index (χ1) is 6.47. The molecule has 84 valence electrons. The van der Waals surface area contributed by atoms with Gasteiger partial charge < -0.3 is 10.6 Å². The van der Waals surface area contributed by atoms with E-state index in [1.807, 2.05) is 13.8 Å². The fourth-order valence-electron chi connectivity index (χ4n) is 1.23. The minimum absolute atomic E-state index is 0.0127. The van der Waals surface area contributed by atoms with Crippen molar-refractivity contribution in [3.63, 3.8) is 0 Å². The minimum atomic E-state index is -0.823. The van der Waals surface area contributed by atoms with E-state index in [1.165, 1.54) is 0 Å². The van der Waals surface area contributed by atoms with Crippen molar-refractivity contribution < 1.29 is 9.00 Å². The average molecular weight is 220 g/mol. The van der Waals surface area contributed by atoms with Crippen molar-refractivity contribution in [1.29, 1.82) is 0 Å². The van der Waals surface area contributed by atoms with Crippen molar-refractivity contribution in [1.82, 2.24) is 10.6 Å². The van der Waals surface area contributed by atoms with Crippen LogP contribution in [-0.2, 0) is 15.6 Å². The zero-order valence-corrected chi connectivity index (χ0v) is 10.1. The third-order valence-corrected chi connectivity index (χ3v) is 2.73. The van der Waals surface area contributed by atoms with E-state index in [0.29, 0.717) is 12.3 Å². The monoisotopic (exact) mass is 220 g/mol. The van der Waals surface area contributed by atoms with Crippen LogP contribution in [0, 0.1) is 0 Å². The maximum atomic E-state index is 11.3. The SMILES string of the molecule is CCNC(=O)C(C)NC(C)CS(C)=O. The van der Waals surface area contributed by atoms with Gasteiger partial charge in [0, 0.05) is 35.4 Å². The average Bonchev–Trinajstić information content (AvgIpc) is 2.02. The molecule has 0 saturated carbocycles. The van der Waals surface area contributed by atoms with Gasteiger partial charge in [0.2, 0.25) is 5.91 Å². The lowest BCUT2D eigenvalue weighted by molar-refractivity contribution is -0.122. The second kappa shape index (κ2) is 6.95. The summed E-state index contributed by atoms with van der Waals surface area (Å²) in [6.45, 7) is 6.26. The summed E-state index contributed by atoms with van der Waals surface area (Å²) in [6.07, 6.45) is 1.66. The van der Waals surface area contributed by atoms with Crippen molar-refractivity contribution in [2.24, 2.45) is 0 Å². The Labute approximate surface area is 88.3 Å². The first kappa shape index (κ1) is 13.6. The maximum absolute atomic E-state index is 11.3. The van der Waals surface area contributed by atoms with Gasteiger partial charge in [-0.25, -0.2) is 0 Å². The molecule has 0 aliphatic carbocycles. The molecule has 0 heterocycles. The summed E-state index contributed by atoms with van der Waals surface area (Å²) in [4.78, 5) is 11.3. The van der Waals surface area contributed by atoms with E-state index in [1.54, 1.807) is 13.2 Å². The number of likely N-dealkylation sites (N-methyl/N-ethyl adjacent to an activating group) is 1. The standard InChI is InChI=1S/C9H20N2O2S/c1-5-10-9(12)8(3)11-7(2)6-14(4)13/h7-8,11H,5-6H2,1-4H3,(H,10,12). The van der Waals surface area contributed by atoms with E-state index in [9.17, 15) is 9.00 Å². The summed E-state index contributed by atoms with van der Waals surface area (Å²) in [6, 6.07) is -0.132. The van der Waals surface area contributed by atoms with Crippen molar-refractivity contribution in [3.05, 3.63) is 0 Å². The van der Waals surface area contributed by atoms with Crippen LogP contribution in [0.2, 0.25) is 0 Å². The van der Waals surface area contributed by atoms with E-state index >= 15 is 0 Å². The van der Waals surface area contributed by atoms with Gasteiger partial charge in [0.1, 0.15) is 0 Å². The molecule has 0 aliphatic heterocycles. The van der Waals surface area contributed by atoms with E-state index < -0.39 is 10.8 Å². The van der Waals surface area contributed by atoms with Crippen LogP contribution in [0.25, 0.3) is 0 Å². The van der Waals surface area contributed by atoms with Gasteiger partial charge in [-0.05, 0) is 20.8 Å². The molecule has 3 unspecified atom stereocenters. The number of hydrogen-bond donors (Lipinski definition) is 2. The summed E-state index contributed by atoms with van der Waals surface area (Å²) in [5.41, 5.74) is 0. The van der Waals surface area contributed by atoms with Gasteiger partial charge in [-0.15, -0.1) is 0 Å². The predicted octanol–water partition coefficient (Wildman–Crippen LogP) is -0.132. The largest absolute Gasteiger partial charge is 0.355 e. The number of amides is 1. The third-order valence-electron chi connectivity index (χ3n) is 1.76. The molecule has 0 aromatic heterocycles. The molecular weight excluding hydrogens is 200 g/mol. The zero-order chi connectivity index (χ0) is 11.1. The molecule has 4 nitrogen and oxygen atoms in total. The van der Waals surface area contributed by atoms with Crippen LogP contribution in [0.1, 0.15) is 20.8 Å². The molecule has 0 rings (SSSR count). The molecular formula is C9H20N2O2S. The zero-order valence-electron chi connectivity index (χ0n) is 9.29. The van der Waals surface area contributed by atoms with Crippen molar-refractivity contribution in [2.75, 3.05) is 18.6 Å². The van der Waals surface area contributed by atoms with Crippen LogP contribution in [0.3, 0.4) is 0 Å². The van der Waals surface area contributed by atoms with Crippen molar-refractivity contribution in [3.8, 4) is 0 Å². The van der Waals surface area contributed by atoms with Gasteiger partial charge in [0.05, 0.1) is 6.04 Å². The van der Waals surface area contributed by atoms with Gasteiger partial charge >= 0.3 is 0 Å². The van der Waals surface area contributed by atoms with Gasteiger partial charge in [0.15, 0.2) is 0 Å². The highest BCUT2D eigenvalue weighted by Crippen LogP contribution is 1.90. The summed E-state index contributed by atoms with van der Waals surface area (Å²) >= 11 is 0. The van der Waals surface area contributed by atoms with Crippen LogP contribution in [0.4, 0.5) is 0 Å². The number of rotatable bonds is 6. The highest BCUT2D eigenvalue weighted by atomic mass is 32.2. The van der Waals surface area contributed by atoms with Crippen LogP contribution in [0.5, 0.6) is 0 Å². The molecule has 1 amide bonds. The molecule has 0 aliphatic rings. The Morgan fingerprint density at radius 3 is 2.43 bits per heavy atom. The first-order valence-electron chi connectivity index (χ1n) is 4.81. The van der Waals surface area contributed by atoms with E-state index in [0.717, 1.165) is 0 Å². The predicted molar refractivity (Wildman–Crippen MR) is 59.7 cm³/mol. The number of carbonyl (C=O) groups is 1. The Morgan fingerprint density at radius 1 is 1.43 bits per heavy atom. The highest BCUT2D eigenvalue weighted by Gasteiger charge is 2.14. The van der Waals surface area contributed by atoms with Crippen LogP contribution >= 0.6 is 0 Å². The second-order valence-electron chi connectivity index (χ2n) is 3.42. The Bertz CT molecular complexity index is 209. The van der Waals surface area contributed by atoms with Crippen LogP contribution in [0.15, 0.2) is 0 Å². The van der Waals surface area contributed by atoms with E-state index in [2.05, 4.69) is 10.6 Å². The Hall–Kier alpha value is -0.420. The number of hydrogen-bond acceptors (Lipinski definition) is 3. The molecule has 0 saturated heterocycles. The van der Waals surface area contributed by atoms with Crippen LogP contribution < -0.4 is 10.6 Å². The third kappa shape index (κ3) is 6.10. The Balaban J connectivity index is 3.86. The molecule has 0 bridgehead atoms. The first-order valence-corrected chi connectivity index (χ1v) is 6.53. The lowest BCUT2D eigenvalue weighted by atomic mass is 10.2. The normalized spacial score (nSPS) is 17.1. The summed E-state index contributed by atoms with van der Waals surface area (Å²) in [5, 5.41) is 5.82. The lowest BCUT2D eigenvalue weighted by Gasteiger charge is -2.18. The molecule has 2 N–H and O–H groups in total. The number of nitrogens with one attached hydrogen (secondary N) is 2. The molecule has 0 radical (unpaired) electrons. The van der Waals surface area contributed by atoms with E-state index in [-0.39, 0.29) is 18.0 Å². The fraction of sp³-hybridized carbons (Fsp3) is 0.889. The minimum Gasteiger partial charge on any atom is -0.355 e. The summed E-state index contributed by atoms with van der Waals surface area (Å²) in [5.74, 6) is 0.560. The molecule has 0 aromatic rings. The summed E-state index contributed by atoms with van der Waals surface area (Å²) < 4.78 is 10.9. The smallest absolute Gasteiger partial charge is 0.236 e. The van der Waals surface area contributed by atoms with Gasteiger partial charge in [-0.3, -0.25) is 9.00 Å². The van der Waals surface area contributed by atoms with Crippen molar-refractivity contribution >= 4 is 16.7 Å². The highest BCUT2D eigenvalue weighted by molar-refractivity contribution is 7.84. The van der Waals surface area contributed by atoms with Crippen molar-refractivity contribution in [2.45, 2.75) is 32.9 Å². The lowest BCUT2D eigenvalue weighted by Crippen LogP contribution is -2.47. The topological polar surface area (TPSA) is 58.2 Å². The Kier molecular flexibility index (Phi) is 6.74. The van der Waals surface area contributed by atoms with Gasteiger partial charge in [0.25, 0.3) is 0 Å². The Morgan fingerprint density at radius 2 is 2.00 bits per heavy atom. The fourth-order valence-corrected chi connectivity index (χ4v) is 2.03. The summed E-state index contributed by atoms with van der Waals surface area (Å²) in [7, 11) is -0.823. The molecule has 0 fully saturated rings. The molecule has 0 spiro atoms. The van der Waals surface area contributed by atoms with E-state index in [4.69, 9.17) is 0 Å². The molecule has 0 aromatic carbocycles. The molecule has 14 heavy (non-hydrogen) atoms. The quantitative estimate of drug-likeness (QED) is 0.655. The second-order valence-corrected chi connectivity index (χ2v) is 4.90. The molecule has 3 atom stereocenters. The van der Waals surface area contributed by atoms with Crippen LogP contribution in [-0.4, -0.2) is 40.8 Å². The molecule has 5 heteroatoms. The van der Waals surface area contributed by atoms with Gasteiger partial charge in [-0.1, -0.05) is 0 Å². The maximum Gasteiger partial charge on any atom is 0.236 e. The van der Waals surface area contributed by atoms with Gasteiger partial charge in [-0.2, -0.15) is 0 Å².